The van der Waals surface area contributed by atoms with E-state index in [4.69, 9.17) is 4.74 Å². The highest BCUT2D eigenvalue weighted by molar-refractivity contribution is 5.77. The Labute approximate surface area is 159 Å². The Bertz CT molecular complexity index is 648. The molecule has 3 amide bonds. The van der Waals surface area contributed by atoms with Gasteiger partial charge in [0.05, 0.1) is 19.5 Å². The number of likely N-dealkylation sites (tertiary alicyclic amines) is 2. The standard InChI is InChI=1S/C19H29N5O3/c25-17-1-3-19(14-24(17)6-2-16-13-20-15-21-16)4-7-22(8-5-19)18(26)23-9-11-27-12-10-23/h13,15H,1-12,14H2,(H,20,21). The Morgan fingerprint density at radius 2 is 1.89 bits per heavy atom. The van der Waals surface area contributed by atoms with E-state index >= 15 is 0 Å². The van der Waals surface area contributed by atoms with Crippen LogP contribution in [0.3, 0.4) is 0 Å². The summed E-state index contributed by atoms with van der Waals surface area (Å²) in [4.78, 5) is 38.1. The summed E-state index contributed by atoms with van der Waals surface area (Å²) in [5.74, 6) is 0.256. The van der Waals surface area contributed by atoms with E-state index in [0.717, 1.165) is 57.6 Å². The van der Waals surface area contributed by atoms with Gasteiger partial charge in [-0.2, -0.15) is 0 Å². The van der Waals surface area contributed by atoms with Crippen LogP contribution >= 0.6 is 0 Å². The average Bonchev–Trinajstić information content (AvgIpc) is 3.23. The molecule has 3 aliphatic rings. The SMILES string of the molecule is O=C1CCC2(CCN(C(=O)N3CCOCC3)CC2)CN1CCc1cnc[nH]1. The van der Waals surface area contributed by atoms with Gasteiger partial charge in [0, 0.05) is 64.0 Å². The summed E-state index contributed by atoms with van der Waals surface area (Å²) in [5.41, 5.74) is 1.23. The van der Waals surface area contributed by atoms with E-state index in [9.17, 15) is 9.59 Å². The normalized spacial score (nSPS) is 23.1. The number of rotatable bonds is 3. The van der Waals surface area contributed by atoms with Crippen molar-refractivity contribution in [2.24, 2.45) is 5.41 Å². The van der Waals surface area contributed by atoms with E-state index in [1.54, 1.807) is 6.33 Å². The number of nitrogens with one attached hydrogen (secondary N) is 1. The van der Waals surface area contributed by atoms with Crippen molar-refractivity contribution in [1.82, 2.24) is 24.7 Å². The van der Waals surface area contributed by atoms with Crippen molar-refractivity contribution >= 4 is 11.9 Å². The van der Waals surface area contributed by atoms with E-state index in [0.29, 0.717) is 32.7 Å². The number of morpholine rings is 1. The van der Waals surface area contributed by atoms with Gasteiger partial charge >= 0.3 is 6.03 Å². The molecule has 8 nitrogen and oxygen atoms in total. The zero-order valence-corrected chi connectivity index (χ0v) is 15.9. The first kappa shape index (κ1) is 18.3. The van der Waals surface area contributed by atoms with E-state index < -0.39 is 0 Å². The Morgan fingerprint density at radius 3 is 2.59 bits per heavy atom. The van der Waals surface area contributed by atoms with Crippen LogP contribution in [0.5, 0.6) is 0 Å². The number of aromatic nitrogens is 2. The number of piperidine rings is 2. The molecule has 0 radical (unpaired) electrons. The van der Waals surface area contributed by atoms with Gasteiger partial charge in [-0.05, 0) is 24.7 Å². The highest BCUT2D eigenvalue weighted by Crippen LogP contribution is 2.40. The molecule has 27 heavy (non-hydrogen) atoms. The van der Waals surface area contributed by atoms with E-state index in [1.807, 2.05) is 20.9 Å². The van der Waals surface area contributed by atoms with Gasteiger partial charge in [-0.15, -0.1) is 0 Å². The second-order valence-electron chi connectivity index (χ2n) is 8.01. The van der Waals surface area contributed by atoms with Crippen LogP contribution in [0.25, 0.3) is 0 Å². The minimum Gasteiger partial charge on any atom is -0.378 e. The molecule has 3 saturated heterocycles. The Hall–Kier alpha value is -2.09. The number of hydrogen-bond acceptors (Lipinski definition) is 4. The topological polar surface area (TPSA) is 81.8 Å². The van der Waals surface area contributed by atoms with Crippen LogP contribution in [0.2, 0.25) is 0 Å². The van der Waals surface area contributed by atoms with Crippen molar-refractivity contribution in [3.05, 3.63) is 18.2 Å². The fourth-order valence-electron chi connectivity index (χ4n) is 4.52. The molecular weight excluding hydrogens is 346 g/mol. The minimum atomic E-state index is 0.149. The molecule has 148 valence electrons. The van der Waals surface area contributed by atoms with Gasteiger partial charge < -0.3 is 24.4 Å². The molecular formula is C19H29N5O3. The number of carbonyl (C=O) groups excluding carboxylic acids is 2. The molecule has 3 fully saturated rings. The number of amides is 3. The third-order valence-electron chi connectivity index (χ3n) is 6.33. The fourth-order valence-corrected chi connectivity index (χ4v) is 4.52. The first-order chi connectivity index (χ1) is 13.2. The lowest BCUT2D eigenvalue weighted by atomic mass is 9.72. The van der Waals surface area contributed by atoms with E-state index in [1.165, 1.54) is 0 Å². The quantitative estimate of drug-likeness (QED) is 0.858. The van der Waals surface area contributed by atoms with Gasteiger partial charge in [-0.1, -0.05) is 0 Å². The molecule has 1 N–H and O–H groups in total. The molecule has 0 aliphatic carbocycles. The van der Waals surface area contributed by atoms with Crippen LogP contribution in [0.4, 0.5) is 4.79 Å². The summed E-state index contributed by atoms with van der Waals surface area (Å²) in [6.45, 7) is 5.79. The number of urea groups is 1. The van der Waals surface area contributed by atoms with Crippen molar-refractivity contribution in [1.29, 1.82) is 0 Å². The smallest absolute Gasteiger partial charge is 0.320 e. The van der Waals surface area contributed by atoms with E-state index in [2.05, 4.69) is 9.97 Å². The van der Waals surface area contributed by atoms with Gasteiger partial charge in [-0.3, -0.25) is 4.79 Å². The molecule has 1 aromatic rings. The molecule has 0 atom stereocenters. The maximum atomic E-state index is 12.7. The van der Waals surface area contributed by atoms with Crippen LogP contribution in [-0.4, -0.2) is 89.1 Å². The van der Waals surface area contributed by atoms with Crippen molar-refractivity contribution in [2.45, 2.75) is 32.1 Å². The second-order valence-corrected chi connectivity index (χ2v) is 8.01. The average molecular weight is 375 g/mol. The summed E-state index contributed by atoms with van der Waals surface area (Å²) in [6, 6.07) is 0.149. The molecule has 3 aliphatic heterocycles. The minimum absolute atomic E-state index is 0.149. The van der Waals surface area contributed by atoms with Gasteiger partial charge in [0.15, 0.2) is 0 Å². The van der Waals surface area contributed by atoms with Crippen molar-refractivity contribution in [2.75, 3.05) is 52.5 Å². The fraction of sp³-hybridized carbons (Fsp3) is 0.737. The van der Waals surface area contributed by atoms with Gasteiger partial charge in [0.25, 0.3) is 0 Å². The highest BCUT2D eigenvalue weighted by Gasteiger charge is 2.42. The van der Waals surface area contributed by atoms with Gasteiger partial charge in [0.2, 0.25) is 5.91 Å². The predicted octanol–water partition coefficient (Wildman–Crippen LogP) is 1.11. The molecule has 1 aromatic heterocycles. The lowest BCUT2D eigenvalue weighted by molar-refractivity contribution is -0.138. The van der Waals surface area contributed by atoms with Crippen LogP contribution in [-0.2, 0) is 16.0 Å². The van der Waals surface area contributed by atoms with Crippen molar-refractivity contribution in [3.63, 3.8) is 0 Å². The summed E-state index contributed by atoms with van der Waals surface area (Å²) in [6.07, 6.45) is 7.85. The zero-order chi connectivity index (χ0) is 18.7. The molecule has 0 bridgehead atoms. The summed E-state index contributed by atoms with van der Waals surface area (Å²) in [5, 5.41) is 0. The molecule has 4 rings (SSSR count). The molecule has 0 unspecified atom stereocenters. The summed E-state index contributed by atoms with van der Waals surface area (Å²) in [7, 11) is 0. The Morgan fingerprint density at radius 1 is 1.15 bits per heavy atom. The van der Waals surface area contributed by atoms with Crippen molar-refractivity contribution < 1.29 is 14.3 Å². The second kappa shape index (κ2) is 7.88. The van der Waals surface area contributed by atoms with Crippen LogP contribution < -0.4 is 0 Å². The predicted molar refractivity (Wildman–Crippen MR) is 99.1 cm³/mol. The monoisotopic (exact) mass is 375 g/mol. The van der Waals surface area contributed by atoms with Gasteiger partial charge in [-0.25, -0.2) is 9.78 Å². The zero-order valence-electron chi connectivity index (χ0n) is 15.9. The maximum absolute atomic E-state index is 12.7. The third kappa shape index (κ3) is 4.10. The lowest BCUT2D eigenvalue weighted by Gasteiger charge is -2.48. The largest absolute Gasteiger partial charge is 0.378 e. The molecule has 4 heterocycles. The number of aromatic amines is 1. The van der Waals surface area contributed by atoms with Gasteiger partial charge in [0.1, 0.15) is 0 Å². The maximum Gasteiger partial charge on any atom is 0.320 e. The van der Waals surface area contributed by atoms with Crippen LogP contribution in [0.1, 0.15) is 31.4 Å². The lowest BCUT2D eigenvalue weighted by Crippen LogP contribution is -2.55. The number of ether oxygens (including phenoxy) is 1. The number of H-pyrrole nitrogens is 1. The first-order valence-electron chi connectivity index (χ1n) is 10.0. The Kier molecular flexibility index (Phi) is 5.33. The van der Waals surface area contributed by atoms with E-state index in [-0.39, 0.29) is 17.4 Å². The number of carbonyl (C=O) groups is 2. The molecule has 0 aromatic carbocycles. The molecule has 1 spiro atoms. The van der Waals surface area contributed by atoms with Crippen LogP contribution in [0, 0.1) is 5.41 Å². The van der Waals surface area contributed by atoms with Crippen LogP contribution in [0.15, 0.2) is 12.5 Å². The number of nitrogens with zero attached hydrogens (tertiary/aromatic N) is 4. The summed E-state index contributed by atoms with van der Waals surface area (Å²) >= 11 is 0. The third-order valence-corrected chi connectivity index (χ3v) is 6.33. The first-order valence-corrected chi connectivity index (χ1v) is 10.0. The number of hydrogen-bond donors (Lipinski definition) is 1. The molecule has 8 heteroatoms. The van der Waals surface area contributed by atoms with Crippen molar-refractivity contribution in [3.8, 4) is 0 Å². The molecule has 0 saturated carbocycles. The summed E-state index contributed by atoms with van der Waals surface area (Å²) < 4.78 is 5.34. The number of imidazole rings is 1. The Balaban J connectivity index is 1.31. The highest BCUT2D eigenvalue weighted by atomic mass is 16.5.